The third-order valence-corrected chi connectivity index (χ3v) is 2.96. The molecule has 0 atom stereocenters. The van der Waals surface area contributed by atoms with Crippen LogP contribution in [0.4, 0.5) is 5.82 Å². The van der Waals surface area contributed by atoms with Gasteiger partial charge in [0.05, 0.1) is 0 Å². The number of aromatic nitrogens is 1. The molecule has 0 fully saturated rings. The van der Waals surface area contributed by atoms with Crippen LogP contribution in [0.3, 0.4) is 0 Å². The highest BCUT2D eigenvalue weighted by atomic mass is 15.0. The van der Waals surface area contributed by atoms with Crippen molar-refractivity contribution in [3.63, 3.8) is 0 Å². The first kappa shape index (κ1) is 11.9. The Morgan fingerprint density at radius 2 is 2.00 bits per heavy atom. The highest BCUT2D eigenvalue weighted by Gasteiger charge is 2.15. The quantitative estimate of drug-likeness (QED) is 0.847. The summed E-state index contributed by atoms with van der Waals surface area (Å²) in [6.45, 7) is 5.77. The van der Waals surface area contributed by atoms with Gasteiger partial charge < -0.3 is 11.1 Å². The SMILES string of the molecule is CC(C)(CN)CNc1nccc2ccccc12. The standard InChI is InChI=1S/C14H19N3/c1-14(2,9-15)10-17-13-12-6-4-3-5-11(12)7-8-16-13/h3-8H,9-10,15H2,1-2H3,(H,16,17). The van der Waals surface area contributed by atoms with Crippen LogP contribution in [-0.2, 0) is 0 Å². The van der Waals surface area contributed by atoms with E-state index in [1.165, 1.54) is 5.39 Å². The number of anilines is 1. The van der Waals surface area contributed by atoms with Crippen molar-refractivity contribution in [2.75, 3.05) is 18.4 Å². The number of nitrogens with one attached hydrogen (secondary N) is 1. The van der Waals surface area contributed by atoms with Crippen LogP contribution in [0.15, 0.2) is 36.5 Å². The summed E-state index contributed by atoms with van der Waals surface area (Å²) >= 11 is 0. The van der Waals surface area contributed by atoms with E-state index >= 15 is 0 Å². The Bertz CT molecular complexity index is 500. The maximum Gasteiger partial charge on any atom is 0.133 e. The molecule has 0 radical (unpaired) electrons. The summed E-state index contributed by atoms with van der Waals surface area (Å²) in [7, 11) is 0. The summed E-state index contributed by atoms with van der Waals surface area (Å²) in [4.78, 5) is 4.39. The molecule has 1 heterocycles. The van der Waals surface area contributed by atoms with Gasteiger partial charge in [-0.3, -0.25) is 0 Å². The van der Waals surface area contributed by atoms with E-state index in [0.717, 1.165) is 17.7 Å². The maximum atomic E-state index is 5.72. The first-order valence-corrected chi connectivity index (χ1v) is 5.90. The fraction of sp³-hybridized carbons (Fsp3) is 0.357. The second-order valence-corrected chi connectivity index (χ2v) is 5.10. The molecule has 17 heavy (non-hydrogen) atoms. The molecule has 0 bridgehead atoms. The average Bonchev–Trinajstić information content (AvgIpc) is 2.36. The first-order chi connectivity index (χ1) is 8.12. The highest BCUT2D eigenvalue weighted by molar-refractivity contribution is 5.91. The zero-order valence-corrected chi connectivity index (χ0v) is 10.4. The van der Waals surface area contributed by atoms with E-state index < -0.39 is 0 Å². The molecular formula is C14H19N3. The summed E-state index contributed by atoms with van der Waals surface area (Å²) < 4.78 is 0. The number of fused-ring (bicyclic) bond motifs is 1. The fourth-order valence-electron chi connectivity index (χ4n) is 1.66. The van der Waals surface area contributed by atoms with Crippen LogP contribution < -0.4 is 11.1 Å². The van der Waals surface area contributed by atoms with Crippen molar-refractivity contribution in [2.24, 2.45) is 11.1 Å². The average molecular weight is 229 g/mol. The number of benzene rings is 1. The number of rotatable bonds is 4. The molecule has 3 nitrogen and oxygen atoms in total. The lowest BCUT2D eigenvalue weighted by Gasteiger charge is -2.23. The summed E-state index contributed by atoms with van der Waals surface area (Å²) in [5.74, 6) is 0.935. The molecule has 0 amide bonds. The van der Waals surface area contributed by atoms with E-state index in [0.29, 0.717) is 6.54 Å². The molecule has 3 N–H and O–H groups in total. The van der Waals surface area contributed by atoms with E-state index in [9.17, 15) is 0 Å². The second kappa shape index (κ2) is 4.72. The van der Waals surface area contributed by atoms with Crippen LogP contribution in [0.2, 0.25) is 0 Å². The molecule has 1 aromatic carbocycles. The Morgan fingerprint density at radius 3 is 2.76 bits per heavy atom. The van der Waals surface area contributed by atoms with Gasteiger partial charge in [-0.2, -0.15) is 0 Å². The van der Waals surface area contributed by atoms with Gasteiger partial charge in [-0.1, -0.05) is 38.1 Å². The lowest BCUT2D eigenvalue weighted by molar-refractivity contribution is 0.405. The summed E-state index contributed by atoms with van der Waals surface area (Å²) in [6, 6.07) is 10.3. The minimum atomic E-state index is 0.0820. The van der Waals surface area contributed by atoms with Crippen molar-refractivity contribution >= 4 is 16.6 Å². The zero-order chi connectivity index (χ0) is 12.3. The van der Waals surface area contributed by atoms with Gasteiger partial charge in [0.25, 0.3) is 0 Å². The molecule has 0 saturated carbocycles. The first-order valence-electron chi connectivity index (χ1n) is 5.90. The lowest BCUT2D eigenvalue weighted by atomic mass is 9.94. The molecule has 2 rings (SSSR count). The minimum absolute atomic E-state index is 0.0820. The van der Waals surface area contributed by atoms with Crippen LogP contribution in [0, 0.1) is 5.41 Å². The van der Waals surface area contributed by atoms with E-state index in [1.807, 2.05) is 24.4 Å². The Labute approximate surface area is 102 Å². The third kappa shape index (κ3) is 2.74. The van der Waals surface area contributed by atoms with E-state index in [1.54, 1.807) is 0 Å². The molecule has 2 aromatic rings. The Balaban J connectivity index is 2.24. The smallest absolute Gasteiger partial charge is 0.133 e. The second-order valence-electron chi connectivity index (χ2n) is 5.10. The highest BCUT2D eigenvalue weighted by Crippen LogP contribution is 2.22. The van der Waals surface area contributed by atoms with Crippen LogP contribution >= 0.6 is 0 Å². The molecule has 0 aliphatic rings. The van der Waals surface area contributed by atoms with E-state index in [-0.39, 0.29) is 5.41 Å². The molecule has 1 aromatic heterocycles. The predicted octanol–water partition coefficient (Wildman–Crippen LogP) is 2.63. The summed E-state index contributed by atoms with van der Waals surface area (Å²) in [5, 5.41) is 5.75. The van der Waals surface area contributed by atoms with E-state index in [4.69, 9.17) is 5.73 Å². The lowest BCUT2D eigenvalue weighted by Crippen LogP contribution is -2.31. The van der Waals surface area contributed by atoms with Crippen LogP contribution in [0.5, 0.6) is 0 Å². The normalized spacial score (nSPS) is 11.7. The Hall–Kier alpha value is -1.61. The fourth-order valence-corrected chi connectivity index (χ4v) is 1.66. The molecule has 90 valence electrons. The van der Waals surface area contributed by atoms with Crippen LogP contribution in [0.25, 0.3) is 10.8 Å². The van der Waals surface area contributed by atoms with Crippen molar-refractivity contribution in [3.05, 3.63) is 36.5 Å². The molecule has 0 saturated heterocycles. The van der Waals surface area contributed by atoms with Gasteiger partial charge in [0.1, 0.15) is 5.82 Å². The molecule has 0 aliphatic carbocycles. The maximum absolute atomic E-state index is 5.72. The monoisotopic (exact) mass is 229 g/mol. The number of nitrogens with two attached hydrogens (primary N) is 1. The van der Waals surface area contributed by atoms with Crippen molar-refractivity contribution in [1.82, 2.24) is 4.98 Å². The topological polar surface area (TPSA) is 50.9 Å². The summed E-state index contributed by atoms with van der Waals surface area (Å²) in [6.07, 6.45) is 1.83. The number of pyridine rings is 1. The van der Waals surface area contributed by atoms with Gasteiger partial charge in [0, 0.05) is 18.1 Å². The number of hydrogen-bond acceptors (Lipinski definition) is 3. The number of nitrogens with zero attached hydrogens (tertiary/aromatic N) is 1. The Morgan fingerprint density at radius 1 is 1.24 bits per heavy atom. The molecular weight excluding hydrogens is 210 g/mol. The van der Waals surface area contributed by atoms with Crippen LogP contribution in [0.1, 0.15) is 13.8 Å². The van der Waals surface area contributed by atoms with Crippen molar-refractivity contribution in [1.29, 1.82) is 0 Å². The largest absolute Gasteiger partial charge is 0.369 e. The third-order valence-electron chi connectivity index (χ3n) is 2.96. The van der Waals surface area contributed by atoms with Crippen LogP contribution in [-0.4, -0.2) is 18.1 Å². The van der Waals surface area contributed by atoms with Crippen molar-refractivity contribution in [2.45, 2.75) is 13.8 Å². The van der Waals surface area contributed by atoms with Crippen molar-refractivity contribution in [3.8, 4) is 0 Å². The zero-order valence-electron chi connectivity index (χ0n) is 10.4. The molecule has 3 heteroatoms. The summed E-state index contributed by atoms with van der Waals surface area (Å²) in [5.41, 5.74) is 5.80. The van der Waals surface area contributed by atoms with E-state index in [2.05, 4.69) is 36.3 Å². The molecule has 0 unspecified atom stereocenters. The molecule has 0 aliphatic heterocycles. The molecule has 0 spiro atoms. The van der Waals surface area contributed by atoms with Gasteiger partial charge >= 0.3 is 0 Å². The van der Waals surface area contributed by atoms with Gasteiger partial charge in [-0.15, -0.1) is 0 Å². The van der Waals surface area contributed by atoms with Gasteiger partial charge in [0.15, 0.2) is 0 Å². The van der Waals surface area contributed by atoms with Gasteiger partial charge in [-0.05, 0) is 23.4 Å². The van der Waals surface area contributed by atoms with Crippen molar-refractivity contribution < 1.29 is 0 Å². The Kier molecular flexibility index (Phi) is 3.29. The predicted molar refractivity (Wildman–Crippen MR) is 73.1 cm³/mol. The number of hydrogen-bond donors (Lipinski definition) is 2. The van der Waals surface area contributed by atoms with Gasteiger partial charge in [-0.25, -0.2) is 4.98 Å². The minimum Gasteiger partial charge on any atom is -0.369 e. The van der Waals surface area contributed by atoms with Gasteiger partial charge in [0.2, 0.25) is 0 Å².